The molecule has 150 valence electrons. The lowest BCUT2D eigenvalue weighted by Crippen LogP contribution is -2.14. The average Bonchev–Trinajstić information content (AvgIpc) is 2.57. The minimum absolute atomic E-state index is 0.0728. The Morgan fingerprint density at radius 3 is 2.22 bits per heavy atom. The molecule has 3 N–H and O–H groups in total. The van der Waals surface area contributed by atoms with Gasteiger partial charge in [-0.15, -0.1) is 0 Å². The molecule has 2 rings (SSSR count). The number of nitrogens with zero attached hydrogens (tertiary/aromatic N) is 3. The maximum absolute atomic E-state index is 8.52. The van der Waals surface area contributed by atoms with Crippen molar-refractivity contribution < 1.29 is 9.84 Å². The van der Waals surface area contributed by atoms with Gasteiger partial charge in [-0.1, -0.05) is 34.8 Å². The molecule has 27 heavy (non-hydrogen) atoms. The van der Waals surface area contributed by atoms with Crippen LogP contribution in [0.2, 0.25) is 20.4 Å². The number of rotatable bonds is 7. The van der Waals surface area contributed by atoms with Crippen LogP contribution in [0.3, 0.4) is 0 Å². The third-order valence-corrected chi connectivity index (χ3v) is 3.87. The van der Waals surface area contributed by atoms with E-state index in [4.69, 9.17) is 56.2 Å². The predicted octanol–water partition coefficient (Wildman–Crippen LogP) is 4.80. The van der Waals surface area contributed by atoms with Crippen LogP contribution in [0, 0.1) is 0 Å². The Kier molecular flexibility index (Phi) is 10.8. The molecule has 11 heteroatoms. The number of aromatic nitrogens is 3. The minimum Gasteiger partial charge on any atom is -0.490 e. The second-order valence-electron chi connectivity index (χ2n) is 5.35. The van der Waals surface area contributed by atoms with Gasteiger partial charge in [0.1, 0.15) is 12.4 Å². The zero-order chi connectivity index (χ0) is 20.4. The molecule has 0 bridgehead atoms. The third kappa shape index (κ3) is 8.99. The monoisotopic (exact) mass is 455 g/mol. The van der Waals surface area contributed by atoms with E-state index in [2.05, 4.69) is 25.6 Å². The van der Waals surface area contributed by atoms with Crippen LogP contribution in [0.1, 0.15) is 20.8 Å². The van der Waals surface area contributed by atoms with Crippen molar-refractivity contribution in [2.75, 3.05) is 30.4 Å². The van der Waals surface area contributed by atoms with Gasteiger partial charge in [0.2, 0.25) is 17.2 Å². The molecule has 0 saturated heterocycles. The van der Waals surface area contributed by atoms with E-state index in [1.807, 2.05) is 20.8 Å². The van der Waals surface area contributed by atoms with E-state index >= 15 is 0 Å². The van der Waals surface area contributed by atoms with Crippen LogP contribution in [0.4, 0.5) is 11.9 Å². The molecule has 0 fully saturated rings. The number of aliphatic hydroxyl groups is 1. The molecule has 7 nitrogen and oxygen atoms in total. The summed E-state index contributed by atoms with van der Waals surface area (Å²) in [5.41, 5.74) is 0. The first-order valence-electron chi connectivity index (χ1n) is 8.07. The second kappa shape index (κ2) is 12.3. The highest BCUT2D eigenvalue weighted by Gasteiger charge is 2.06. The van der Waals surface area contributed by atoms with Crippen molar-refractivity contribution in [2.24, 2.45) is 0 Å². The SMILES string of the molecule is CCNc1nc(Cl)nc(NC(C)C)n1.OCCOc1cc(Cl)c(Cl)cc1Cl. The van der Waals surface area contributed by atoms with Gasteiger partial charge in [0, 0.05) is 18.7 Å². The number of ether oxygens (including phenoxy) is 1. The molecule has 0 aliphatic heterocycles. The Labute approximate surface area is 178 Å². The minimum atomic E-state index is -0.0728. The van der Waals surface area contributed by atoms with Crippen molar-refractivity contribution in [3.8, 4) is 5.75 Å². The molecular formula is C16H21Cl4N5O2. The summed E-state index contributed by atoms with van der Waals surface area (Å²) in [4.78, 5) is 12.0. The van der Waals surface area contributed by atoms with Crippen LogP contribution >= 0.6 is 46.4 Å². The molecule has 0 atom stereocenters. The van der Waals surface area contributed by atoms with Gasteiger partial charge in [-0.05, 0) is 38.4 Å². The van der Waals surface area contributed by atoms with Gasteiger partial charge in [-0.3, -0.25) is 0 Å². The molecule has 0 amide bonds. The van der Waals surface area contributed by atoms with Crippen molar-refractivity contribution in [1.82, 2.24) is 15.0 Å². The Hall–Kier alpha value is -1.25. The van der Waals surface area contributed by atoms with Crippen LogP contribution in [0.5, 0.6) is 5.75 Å². The number of hydrogen-bond donors (Lipinski definition) is 3. The standard InChI is InChI=1S/C8H7Cl3O2.C8H14ClN5/c9-5-3-7(11)8(4-6(5)10)13-2-1-12;1-4-10-7-12-6(9)13-8(14-7)11-5(2)3/h3-4,12H,1-2H2;5H,4H2,1-3H3,(H2,10,11,12,13,14). The normalized spacial score (nSPS) is 10.3. The summed E-state index contributed by atoms with van der Waals surface area (Å²) in [6, 6.07) is 3.28. The summed E-state index contributed by atoms with van der Waals surface area (Å²) in [5, 5.41) is 15.9. The second-order valence-corrected chi connectivity index (χ2v) is 6.91. The first kappa shape index (κ1) is 23.8. The molecular weight excluding hydrogens is 436 g/mol. The van der Waals surface area contributed by atoms with Crippen molar-refractivity contribution in [2.45, 2.75) is 26.8 Å². The van der Waals surface area contributed by atoms with Crippen molar-refractivity contribution >= 4 is 58.3 Å². The maximum atomic E-state index is 8.52. The summed E-state index contributed by atoms with van der Waals surface area (Å²) in [5.74, 6) is 1.41. The number of nitrogens with one attached hydrogen (secondary N) is 2. The Morgan fingerprint density at radius 2 is 1.63 bits per heavy atom. The summed E-state index contributed by atoms with van der Waals surface area (Å²) in [7, 11) is 0. The largest absolute Gasteiger partial charge is 0.490 e. The topological polar surface area (TPSA) is 92.2 Å². The number of benzene rings is 1. The van der Waals surface area contributed by atoms with Crippen LogP contribution < -0.4 is 15.4 Å². The van der Waals surface area contributed by atoms with E-state index in [0.29, 0.717) is 32.7 Å². The van der Waals surface area contributed by atoms with Gasteiger partial charge >= 0.3 is 0 Å². The fourth-order valence-corrected chi connectivity index (χ4v) is 2.43. The lowest BCUT2D eigenvalue weighted by molar-refractivity contribution is 0.201. The van der Waals surface area contributed by atoms with E-state index in [1.54, 1.807) is 0 Å². The highest BCUT2D eigenvalue weighted by Crippen LogP contribution is 2.33. The Balaban J connectivity index is 0.000000271. The number of aliphatic hydroxyl groups excluding tert-OH is 1. The molecule has 1 heterocycles. The third-order valence-electron chi connectivity index (χ3n) is 2.68. The van der Waals surface area contributed by atoms with Gasteiger partial charge in [0.05, 0.1) is 21.7 Å². The van der Waals surface area contributed by atoms with Gasteiger partial charge < -0.3 is 20.5 Å². The predicted molar refractivity (Wildman–Crippen MR) is 112 cm³/mol. The molecule has 1 aromatic heterocycles. The van der Waals surface area contributed by atoms with Gasteiger partial charge in [0.25, 0.3) is 0 Å². The molecule has 0 radical (unpaired) electrons. The molecule has 1 aromatic carbocycles. The quantitative estimate of drug-likeness (QED) is 0.515. The summed E-state index contributed by atoms with van der Waals surface area (Å²) < 4.78 is 5.10. The maximum Gasteiger partial charge on any atom is 0.228 e. The molecule has 0 aliphatic rings. The highest BCUT2D eigenvalue weighted by molar-refractivity contribution is 6.43. The van der Waals surface area contributed by atoms with E-state index in [-0.39, 0.29) is 24.5 Å². The smallest absolute Gasteiger partial charge is 0.228 e. The molecule has 0 unspecified atom stereocenters. The van der Waals surface area contributed by atoms with Crippen LogP contribution in [-0.2, 0) is 0 Å². The summed E-state index contributed by atoms with van der Waals surface area (Å²) in [6.45, 7) is 6.83. The van der Waals surface area contributed by atoms with Crippen molar-refractivity contribution in [3.63, 3.8) is 0 Å². The van der Waals surface area contributed by atoms with E-state index in [0.717, 1.165) is 6.54 Å². The fraction of sp³-hybridized carbons (Fsp3) is 0.438. The average molecular weight is 457 g/mol. The lowest BCUT2D eigenvalue weighted by Gasteiger charge is -2.09. The lowest BCUT2D eigenvalue weighted by atomic mass is 10.3. The van der Waals surface area contributed by atoms with E-state index in [1.165, 1.54) is 12.1 Å². The van der Waals surface area contributed by atoms with E-state index < -0.39 is 0 Å². The molecule has 0 spiro atoms. The van der Waals surface area contributed by atoms with Crippen molar-refractivity contribution in [1.29, 1.82) is 0 Å². The van der Waals surface area contributed by atoms with E-state index in [9.17, 15) is 0 Å². The molecule has 0 saturated carbocycles. The first-order chi connectivity index (χ1) is 12.8. The van der Waals surface area contributed by atoms with Crippen LogP contribution in [-0.4, -0.2) is 45.9 Å². The van der Waals surface area contributed by atoms with Crippen LogP contribution in [0.25, 0.3) is 0 Å². The Morgan fingerprint density at radius 1 is 1.00 bits per heavy atom. The molecule has 2 aromatic rings. The number of anilines is 2. The number of hydrogen-bond acceptors (Lipinski definition) is 7. The van der Waals surface area contributed by atoms with Gasteiger partial charge in [0.15, 0.2) is 0 Å². The fourth-order valence-electron chi connectivity index (χ4n) is 1.68. The summed E-state index contributed by atoms with van der Waals surface area (Å²) in [6.07, 6.45) is 0. The Bertz CT molecular complexity index is 734. The van der Waals surface area contributed by atoms with Gasteiger partial charge in [-0.2, -0.15) is 15.0 Å². The first-order valence-corrected chi connectivity index (χ1v) is 9.58. The zero-order valence-electron chi connectivity index (χ0n) is 15.1. The zero-order valence-corrected chi connectivity index (χ0v) is 18.1. The molecule has 0 aliphatic carbocycles. The van der Waals surface area contributed by atoms with Crippen molar-refractivity contribution in [3.05, 3.63) is 32.5 Å². The summed E-state index contributed by atoms with van der Waals surface area (Å²) >= 11 is 22.9. The van der Waals surface area contributed by atoms with Gasteiger partial charge in [-0.25, -0.2) is 0 Å². The highest BCUT2D eigenvalue weighted by atomic mass is 35.5. The number of halogens is 4. The van der Waals surface area contributed by atoms with Crippen LogP contribution in [0.15, 0.2) is 12.1 Å².